The Balaban J connectivity index is 2.63. The van der Waals surface area contributed by atoms with Gasteiger partial charge in [-0.25, -0.2) is 23.5 Å². The molecule has 1 aromatic heterocycles. The minimum absolute atomic E-state index is 0.0770. The Morgan fingerprint density at radius 3 is 2.37 bits per heavy atom. The molecule has 100 valence electrons. The number of hydrogen-bond donors (Lipinski definition) is 2. The SMILES string of the molecule is COc1cnc(-c2cc(N)ccc2S(N)(=O)=O)nc1. The van der Waals surface area contributed by atoms with Gasteiger partial charge in [-0.05, 0) is 18.2 Å². The van der Waals surface area contributed by atoms with Crippen LogP contribution in [0.5, 0.6) is 5.75 Å². The van der Waals surface area contributed by atoms with Gasteiger partial charge in [0.15, 0.2) is 11.6 Å². The molecule has 0 aliphatic heterocycles. The van der Waals surface area contributed by atoms with Gasteiger partial charge in [-0.1, -0.05) is 0 Å². The maximum absolute atomic E-state index is 11.5. The van der Waals surface area contributed by atoms with Crippen LogP contribution in [0.25, 0.3) is 11.4 Å². The highest BCUT2D eigenvalue weighted by atomic mass is 32.2. The Hall–Kier alpha value is -2.19. The van der Waals surface area contributed by atoms with Crippen LogP contribution in [0, 0.1) is 0 Å². The van der Waals surface area contributed by atoms with Crippen molar-refractivity contribution in [2.45, 2.75) is 4.90 Å². The van der Waals surface area contributed by atoms with E-state index in [1.807, 2.05) is 0 Å². The van der Waals surface area contributed by atoms with Gasteiger partial charge in [0.05, 0.1) is 24.4 Å². The predicted molar refractivity (Wildman–Crippen MR) is 69.8 cm³/mol. The minimum Gasteiger partial charge on any atom is -0.494 e. The molecule has 1 aromatic carbocycles. The third-order valence-electron chi connectivity index (χ3n) is 2.41. The van der Waals surface area contributed by atoms with Crippen molar-refractivity contribution in [3.05, 3.63) is 30.6 Å². The quantitative estimate of drug-likeness (QED) is 0.784. The van der Waals surface area contributed by atoms with E-state index in [2.05, 4.69) is 9.97 Å². The van der Waals surface area contributed by atoms with Crippen LogP contribution in [-0.4, -0.2) is 25.5 Å². The highest BCUT2D eigenvalue weighted by molar-refractivity contribution is 7.89. The summed E-state index contributed by atoms with van der Waals surface area (Å²) in [5.74, 6) is 0.668. The maximum Gasteiger partial charge on any atom is 0.238 e. The molecule has 1 heterocycles. The van der Waals surface area contributed by atoms with E-state index in [9.17, 15) is 8.42 Å². The Kier molecular flexibility index (Phi) is 3.36. The van der Waals surface area contributed by atoms with Gasteiger partial charge in [0.1, 0.15) is 0 Å². The molecule has 0 unspecified atom stereocenters. The zero-order valence-electron chi connectivity index (χ0n) is 10.1. The van der Waals surface area contributed by atoms with Crippen LogP contribution in [0.4, 0.5) is 5.69 Å². The minimum atomic E-state index is -3.88. The second kappa shape index (κ2) is 4.82. The van der Waals surface area contributed by atoms with E-state index in [4.69, 9.17) is 15.6 Å². The van der Waals surface area contributed by atoms with Crippen molar-refractivity contribution < 1.29 is 13.2 Å². The van der Waals surface area contributed by atoms with Crippen molar-refractivity contribution in [1.29, 1.82) is 0 Å². The number of nitrogens with zero attached hydrogens (tertiary/aromatic N) is 2. The van der Waals surface area contributed by atoms with E-state index < -0.39 is 10.0 Å². The largest absolute Gasteiger partial charge is 0.494 e. The number of hydrogen-bond acceptors (Lipinski definition) is 6. The summed E-state index contributed by atoms with van der Waals surface area (Å²) in [4.78, 5) is 7.97. The lowest BCUT2D eigenvalue weighted by atomic mass is 10.2. The van der Waals surface area contributed by atoms with Crippen molar-refractivity contribution in [2.24, 2.45) is 5.14 Å². The molecule has 0 spiro atoms. The number of sulfonamides is 1. The average Bonchev–Trinajstić information content (AvgIpc) is 2.37. The van der Waals surface area contributed by atoms with Crippen LogP contribution >= 0.6 is 0 Å². The van der Waals surface area contributed by atoms with Gasteiger partial charge >= 0.3 is 0 Å². The predicted octanol–water partition coefficient (Wildman–Crippen LogP) is 0.382. The lowest BCUT2D eigenvalue weighted by Gasteiger charge is -2.08. The van der Waals surface area contributed by atoms with Gasteiger partial charge in [-0.2, -0.15) is 0 Å². The lowest BCUT2D eigenvalue weighted by Crippen LogP contribution is -2.14. The van der Waals surface area contributed by atoms with Crippen LogP contribution in [-0.2, 0) is 10.0 Å². The molecule has 0 aliphatic rings. The molecule has 0 saturated carbocycles. The van der Waals surface area contributed by atoms with Crippen LogP contribution in [0.2, 0.25) is 0 Å². The van der Waals surface area contributed by atoms with Gasteiger partial charge in [-0.15, -0.1) is 0 Å². The summed E-state index contributed by atoms with van der Waals surface area (Å²) in [6.45, 7) is 0. The molecule has 0 amide bonds. The summed E-state index contributed by atoms with van der Waals surface area (Å²) in [5, 5.41) is 5.15. The summed E-state index contributed by atoms with van der Waals surface area (Å²) in [6.07, 6.45) is 2.86. The number of nitrogens with two attached hydrogens (primary N) is 2. The van der Waals surface area contributed by atoms with E-state index in [0.717, 1.165) is 0 Å². The highest BCUT2D eigenvalue weighted by Crippen LogP contribution is 2.26. The second-order valence-corrected chi connectivity index (χ2v) is 5.28. The van der Waals surface area contributed by atoms with Gasteiger partial charge in [0.25, 0.3) is 0 Å². The van der Waals surface area contributed by atoms with Crippen LogP contribution in [0.15, 0.2) is 35.5 Å². The van der Waals surface area contributed by atoms with E-state index in [0.29, 0.717) is 11.4 Å². The third-order valence-corrected chi connectivity index (χ3v) is 3.38. The Morgan fingerprint density at radius 1 is 1.21 bits per heavy atom. The van der Waals surface area contributed by atoms with Crippen molar-refractivity contribution in [1.82, 2.24) is 9.97 Å². The number of benzene rings is 1. The van der Waals surface area contributed by atoms with E-state index in [1.54, 1.807) is 0 Å². The Morgan fingerprint density at radius 2 is 1.84 bits per heavy atom. The molecule has 2 rings (SSSR count). The molecule has 7 nitrogen and oxygen atoms in total. The fraction of sp³-hybridized carbons (Fsp3) is 0.0909. The zero-order valence-corrected chi connectivity index (χ0v) is 10.9. The molecule has 0 radical (unpaired) electrons. The molecular weight excluding hydrogens is 268 g/mol. The lowest BCUT2D eigenvalue weighted by molar-refractivity contribution is 0.411. The maximum atomic E-state index is 11.5. The summed E-state index contributed by atoms with van der Waals surface area (Å²) in [6, 6.07) is 4.24. The number of methoxy groups -OCH3 is 1. The van der Waals surface area contributed by atoms with Crippen molar-refractivity contribution >= 4 is 15.7 Å². The van der Waals surface area contributed by atoms with E-state index in [-0.39, 0.29) is 16.3 Å². The number of ether oxygens (including phenoxy) is 1. The van der Waals surface area contributed by atoms with Crippen molar-refractivity contribution in [2.75, 3.05) is 12.8 Å². The highest BCUT2D eigenvalue weighted by Gasteiger charge is 2.17. The number of primary sulfonamides is 1. The molecular formula is C11H12N4O3S. The first-order chi connectivity index (χ1) is 8.91. The van der Waals surface area contributed by atoms with Gasteiger partial charge in [-0.3, -0.25) is 0 Å². The van der Waals surface area contributed by atoms with Crippen LogP contribution in [0.1, 0.15) is 0 Å². The molecule has 4 N–H and O–H groups in total. The molecule has 0 atom stereocenters. The van der Waals surface area contributed by atoms with Crippen LogP contribution < -0.4 is 15.6 Å². The van der Waals surface area contributed by atoms with Gasteiger partial charge in [0, 0.05) is 11.3 Å². The number of anilines is 1. The second-order valence-electron chi connectivity index (χ2n) is 3.75. The van der Waals surface area contributed by atoms with Gasteiger partial charge in [0.2, 0.25) is 10.0 Å². The first-order valence-electron chi connectivity index (χ1n) is 5.20. The standard InChI is InChI=1S/C11H12N4O3S/c1-18-8-5-14-11(15-6-8)9-4-7(12)2-3-10(9)19(13,16)17/h2-6H,12H2,1H3,(H2,13,16,17). The zero-order chi connectivity index (χ0) is 14.0. The van der Waals surface area contributed by atoms with E-state index >= 15 is 0 Å². The van der Waals surface area contributed by atoms with Crippen LogP contribution in [0.3, 0.4) is 0 Å². The number of nitrogen functional groups attached to an aromatic ring is 1. The van der Waals surface area contributed by atoms with E-state index in [1.165, 1.54) is 37.7 Å². The molecule has 19 heavy (non-hydrogen) atoms. The summed E-state index contributed by atoms with van der Waals surface area (Å²) >= 11 is 0. The molecule has 8 heteroatoms. The summed E-state index contributed by atoms with van der Waals surface area (Å²) in [7, 11) is -2.40. The van der Waals surface area contributed by atoms with Crippen molar-refractivity contribution in [3.63, 3.8) is 0 Å². The number of rotatable bonds is 3. The third kappa shape index (κ3) is 2.80. The Bertz CT molecular complexity index is 698. The Labute approximate surface area is 110 Å². The molecule has 0 aliphatic carbocycles. The summed E-state index contributed by atoms with van der Waals surface area (Å²) < 4.78 is 28.0. The fourth-order valence-electron chi connectivity index (χ4n) is 1.53. The molecule has 0 saturated heterocycles. The first kappa shape index (κ1) is 13.2. The normalized spacial score (nSPS) is 11.3. The molecule has 0 fully saturated rings. The first-order valence-corrected chi connectivity index (χ1v) is 6.75. The smallest absolute Gasteiger partial charge is 0.238 e. The topological polar surface area (TPSA) is 121 Å². The van der Waals surface area contributed by atoms with Crippen molar-refractivity contribution in [3.8, 4) is 17.1 Å². The molecule has 0 bridgehead atoms. The molecule has 2 aromatic rings. The number of aromatic nitrogens is 2. The fourth-order valence-corrected chi connectivity index (χ4v) is 2.25. The summed E-state index contributed by atoms with van der Waals surface area (Å²) in [5.41, 5.74) is 6.29. The van der Waals surface area contributed by atoms with Gasteiger partial charge < -0.3 is 10.5 Å². The average molecular weight is 280 g/mol. The monoisotopic (exact) mass is 280 g/mol.